The first-order valence-electron chi connectivity index (χ1n) is 17.7. The third kappa shape index (κ3) is 8.26. The number of benzene rings is 2. The Labute approximate surface area is 303 Å². The molecule has 4 aromatic rings. The van der Waals surface area contributed by atoms with Crippen molar-refractivity contribution in [2.45, 2.75) is 71.1 Å². The Kier molecular flexibility index (Phi) is 11.2. The van der Waals surface area contributed by atoms with E-state index in [-0.39, 0.29) is 29.7 Å². The molecule has 5 N–H and O–H groups in total. The van der Waals surface area contributed by atoms with Gasteiger partial charge >= 0.3 is 6.03 Å². The van der Waals surface area contributed by atoms with Crippen LogP contribution in [0.15, 0.2) is 84.4 Å². The van der Waals surface area contributed by atoms with Gasteiger partial charge in [0, 0.05) is 62.3 Å². The Morgan fingerprint density at radius 2 is 1.71 bits per heavy atom. The number of urea groups is 1. The molecular weight excluding hydrogens is 658 g/mol. The fourth-order valence-corrected chi connectivity index (χ4v) is 6.45. The third-order valence-corrected chi connectivity index (χ3v) is 9.60. The van der Waals surface area contributed by atoms with Gasteiger partial charge in [-0.2, -0.15) is 5.10 Å². The SMILES string of the molecule is CC(NC(=O)C(N)C(C)C)C(=O)NCCCCN1N=C(c2ccc(NC(=O)N3Cc4ccncc4C3)cc2)CC(c2cccc3ncccc23)C1=O. The summed E-state index contributed by atoms with van der Waals surface area (Å²) in [7, 11) is 0. The van der Waals surface area contributed by atoms with E-state index >= 15 is 0 Å². The van der Waals surface area contributed by atoms with Crippen LogP contribution in [0.25, 0.3) is 10.9 Å². The van der Waals surface area contributed by atoms with Crippen molar-refractivity contribution in [1.29, 1.82) is 0 Å². The van der Waals surface area contributed by atoms with E-state index in [9.17, 15) is 19.2 Å². The number of aromatic nitrogens is 2. The predicted molar refractivity (Wildman–Crippen MR) is 199 cm³/mol. The maximum absolute atomic E-state index is 14.0. The third-order valence-electron chi connectivity index (χ3n) is 9.60. The van der Waals surface area contributed by atoms with E-state index < -0.39 is 18.0 Å². The van der Waals surface area contributed by atoms with Crippen molar-refractivity contribution in [3.63, 3.8) is 0 Å². The highest BCUT2D eigenvalue weighted by Crippen LogP contribution is 2.33. The van der Waals surface area contributed by atoms with Crippen LogP contribution in [0.1, 0.15) is 68.2 Å². The van der Waals surface area contributed by atoms with Crippen LogP contribution in [0, 0.1) is 5.92 Å². The van der Waals surface area contributed by atoms with Gasteiger partial charge < -0.3 is 26.6 Å². The summed E-state index contributed by atoms with van der Waals surface area (Å²) in [5.74, 6) is -1.29. The van der Waals surface area contributed by atoms with Gasteiger partial charge in [0.25, 0.3) is 5.91 Å². The number of hydrogen-bond donors (Lipinski definition) is 4. The van der Waals surface area contributed by atoms with Crippen LogP contribution in [0.2, 0.25) is 0 Å². The molecule has 3 unspecified atom stereocenters. The van der Waals surface area contributed by atoms with E-state index in [0.29, 0.717) is 51.1 Å². The first kappa shape index (κ1) is 36.1. The predicted octanol–water partition coefficient (Wildman–Crippen LogP) is 4.28. The fraction of sp³-hybridized carbons (Fsp3) is 0.359. The van der Waals surface area contributed by atoms with E-state index in [2.05, 4.69) is 25.9 Å². The van der Waals surface area contributed by atoms with Gasteiger partial charge in [0.05, 0.1) is 23.2 Å². The van der Waals surface area contributed by atoms with Crippen LogP contribution in [-0.4, -0.2) is 74.5 Å². The number of unbranched alkanes of at least 4 members (excludes halogenated alkanes) is 1. The molecule has 6 rings (SSSR count). The number of amides is 5. The van der Waals surface area contributed by atoms with E-state index in [1.807, 2.05) is 74.5 Å². The number of hydrogen-bond acceptors (Lipinski definition) is 8. The molecular formula is C39H45N9O4. The van der Waals surface area contributed by atoms with Crippen LogP contribution < -0.4 is 21.7 Å². The number of rotatable bonds is 12. The number of nitrogens with zero attached hydrogens (tertiary/aromatic N) is 5. The lowest BCUT2D eigenvalue weighted by molar-refractivity contribution is -0.133. The summed E-state index contributed by atoms with van der Waals surface area (Å²) in [5.41, 5.74) is 12.0. The molecule has 2 aliphatic heterocycles. The number of hydrazone groups is 1. The Balaban J connectivity index is 1.12. The van der Waals surface area contributed by atoms with Crippen LogP contribution in [0.5, 0.6) is 0 Å². The summed E-state index contributed by atoms with van der Waals surface area (Å²) in [6, 6.07) is 17.5. The molecule has 0 aliphatic carbocycles. The second kappa shape index (κ2) is 16.1. The summed E-state index contributed by atoms with van der Waals surface area (Å²) >= 11 is 0. The summed E-state index contributed by atoms with van der Waals surface area (Å²) < 4.78 is 0. The molecule has 13 nitrogen and oxygen atoms in total. The highest BCUT2D eigenvalue weighted by Gasteiger charge is 2.33. The summed E-state index contributed by atoms with van der Waals surface area (Å²) in [6.45, 7) is 7.09. The van der Waals surface area contributed by atoms with Crippen molar-refractivity contribution in [3.05, 3.63) is 102 Å². The van der Waals surface area contributed by atoms with E-state index in [0.717, 1.165) is 38.9 Å². The van der Waals surface area contributed by atoms with Gasteiger partial charge in [-0.25, -0.2) is 9.80 Å². The molecule has 52 heavy (non-hydrogen) atoms. The van der Waals surface area contributed by atoms with Crippen molar-refractivity contribution in [2.24, 2.45) is 16.8 Å². The molecule has 0 bridgehead atoms. The zero-order valence-corrected chi connectivity index (χ0v) is 29.7. The number of nitrogens with two attached hydrogens (primary N) is 1. The average molecular weight is 704 g/mol. The van der Waals surface area contributed by atoms with E-state index in [1.54, 1.807) is 30.4 Å². The maximum atomic E-state index is 14.0. The number of nitrogens with one attached hydrogen (secondary N) is 3. The quantitative estimate of drug-likeness (QED) is 0.159. The molecule has 4 heterocycles. The largest absolute Gasteiger partial charge is 0.354 e. The topological polar surface area (TPSA) is 175 Å². The number of carbonyl (C=O) groups is 4. The molecule has 0 radical (unpaired) electrons. The standard InChI is InChI=1S/C39H45N9O4/c1-24(2)35(40)37(50)44-25(3)36(49)43-16-4-5-19-48-38(51)32(30-8-6-10-33-31(30)9-7-17-42-33)20-34(46-48)26-11-13-29(14-12-26)45-39(52)47-22-27-15-18-41-21-28(27)23-47/h6-15,17-18,21,24-25,32,35H,4-5,16,19-20,22-23,40H2,1-3H3,(H,43,49)(H,44,50)(H,45,52). The second-order valence-electron chi connectivity index (χ2n) is 13.7. The van der Waals surface area contributed by atoms with Gasteiger partial charge in [0.15, 0.2) is 0 Å². The normalized spacial score (nSPS) is 16.7. The lowest BCUT2D eigenvalue weighted by atomic mass is 9.86. The second-order valence-corrected chi connectivity index (χ2v) is 13.7. The molecule has 0 spiro atoms. The minimum Gasteiger partial charge on any atom is -0.354 e. The molecule has 0 saturated heterocycles. The average Bonchev–Trinajstić information content (AvgIpc) is 3.60. The van der Waals surface area contributed by atoms with Crippen LogP contribution in [0.4, 0.5) is 10.5 Å². The van der Waals surface area contributed by atoms with Crippen LogP contribution in [0.3, 0.4) is 0 Å². The molecule has 2 aromatic carbocycles. The Hall–Kier alpha value is -5.69. The van der Waals surface area contributed by atoms with Gasteiger partial charge in [0.2, 0.25) is 11.8 Å². The molecule has 2 aromatic heterocycles. The molecule has 0 fully saturated rings. The fourth-order valence-electron chi connectivity index (χ4n) is 6.45. The lowest BCUT2D eigenvalue weighted by Crippen LogP contribution is -2.51. The van der Waals surface area contributed by atoms with Crippen molar-refractivity contribution in [3.8, 4) is 0 Å². The maximum Gasteiger partial charge on any atom is 0.322 e. The van der Waals surface area contributed by atoms with Crippen molar-refractivity contribution in [2.75, 3.05) is 18.4 Å². The van der Waals surface area contributed by atoms with Gasteiger partial charge in [-0.15, -0.1) is 0 Å². The monoisotopic (exact) mass is 703 g/mol. The zero-order chi connectivity index (χ0) is 36.8. The van der Waals surface area contributed by atoms with Gasteiger partial charge in [-0.05, 0) is 78.3 Å². The molecule has 5 amide bonds. The minimum absolute atomic E-state index is 0.0442. The first-order chi connectivity index (χ1) is 25.1. The Morgan fingerprint density at radius 1 is 0.923 bits per heavy atom. The van der Waals surface area contributed by atoms with Gasteiger partial charge in [-0.1, -0.05) is 44.2 Å². The highest BCUT2D eigenvalue weighted by molar-refractivity contribution is 6.07. The summed E-state index contributed by atoms with van der Waals surface area (Å²) in [4.78, 5) is 62.3. The molecule has 2 aliphatic rings. The van der Waals surface area contributed by atoms with Crippen LogP contribution in [-0.2, 0) is 27.5 Å². The number of pyridine rings is 2. The molecule has 3 atom stereocenters. The molecule has 13 heteroatoms. The molecule has 0 saturated carbocycles. The van der Waals surface area contributed by atoms with Gasteiger partial charge in [0.1, 0.15) is 6.04 Å². The van der Waals surface area contributed by atoms with E-state index in [4.69, 9.17) is 10.8 Å². The van der Waals surface area contributed by atoms with Gasteiger partial charge in [-0.3, -0.25) is 24.4 Å². The van der Waals surface area contributed by atoms with Crippen molar-refractivity contribution < 1.29 is 19.2 Å². The Morgan fingerprint density at radius 3 is 2.48 bits per heavy atom. The zero-order valence-electron chi connectivity index (χ0n) is 29.7. The van der Waals surface area contributed by atoms with E-state index in [1.165, 1.54) is 5.01 Å². The van der Waals surface area contributed by atoms with Crippen molar-refractivity contribution in [1.82, 2.24) is 30.5 Å². The number of anilines is 1. The van der Waals surface area contributed by atoms with Crippen molar-refractivity contribution >= 4 is 46.1 Å². The van der Waals surface area contributed by atoms with Crippen LogP contribution >= 0.6 is 0 Å². The minimum atomic E-state index is -0.723. The molecule has 270 valence electrons. The number of carbonyl (C=O) groups excluding carboxylic acids is 4. The smallest absolute Gasteiger partial charge is 0.322 e. The summed E-state index contributed by atoms with van der Waals surface area (Å²) in [5, 5.41) is 15.8. The lowest BCUT2D eigenvalue weighted by Gasteiger charge is -2.30. The highest BCUT2D eigenvalue weighted by atomic mass is 16.2. The Bertz CT molecular complexity index is 1950. The number of fused-ring (bicyclic) bond motifs is 2. The first-order valence-corrected chi connectivity index (χ1v) is 17.7. The summed E-state index contributed by atoms with van der Waals surface area (Å²) in [6.07, 6.45) is 6.86.